The molecule has 0 bridgehead atoms. The molecule has 1 aliphatic carbocycles. The first kappa shape index (κ1) is 15.3. The molecule has 6 nitrogen and oxygen atoms in total. The lowest BCUT2D eigenvalue weighted by Crippen LogP contribution is -2.48. The van der Waals surface area contributed by atoms with Gasteiger partial charge in [0.05, 0.1) is 11.5 Å². The molecular weight excluding hydrogens is 282 g/mol. The maximum Gasteiger partial charge on any atom is 0.226 e. The molecule has 1 heterocycles. The number of hydrogen-bond donors (Lipinski definition) is 0. The predicted octanol–water partition coefficient (Wildman–Crippen LogP) is -0.812. The Bertz CT molecular complexity index is 501. The van der Waals surface area contributed by atoms with Crippen LogP contribution in [-0.4, -0.2) is 49.8 Å². The Labute approximate surface area is 119 Å². The van der Waals surface area contributed by atoms with Crippen LogP contribution < -0.4 is 5.11 Å². The van der Waals surface area contributed by atoms with Crippen molar-refractivity contribution in [2.24, 2.45) is 11.8 Å². The Morgan fingerprint density at radius 1 is 1.10 bits per heavy atom. The zero-order chi connectivity index (χ0) is 14.9. The second-order valence-electron chi connectivity index (χ2n) is 5.82. The molecule has 3 atom stereocenters. The lowest BCUT2D eigenvalue weighted by molar-refractivity contribution is -0.314. The Morgan fingerprint density at radius 3 is 2.20 bits per heavy atom. The summed E-state index contributed by atoms with van der Waals surface area (Å²) in [5, 5.41) is 11.1. The largest absolute Gasteiger partial charge is 0.550 e. The van der Waals surface area contributed by atoms with E-state index < -0.39 is 27.6 Å². The summed E-state index contributed by atoms with van der Waals surface area (Å²) >= 11 is 0. The Morgan fingerprint density at radius 2 is 1.70 bits per heavy atom. The number of carboxylic acids is 1. The molecule has 0 N–H and O–H groups in total. The van der Waals surface area contributed by atoms with E-state index in [1.165, 1.54) is 4.90 Å². The molecule has 0 spiro atoms. The lowest BCUT2D eigenvalue weighted by atomic mass is 9.78. The van der Waals surface area contributed by atoms with Gasteiger partial charge in [-0.3, -0.25) is 4.79 Å². The quantitative estimate of drug-likeness (QED) is 0.679. The van der Waals surface area contributed by atoms with Gasteiger partial charge in [0.15, 0.2) is 9.84 Å². The van der Waals surface area contributed by atoms with Crippen molar-refractivity contribution in [1.82, 2.24) is 4.90 Å². The molecule has 0 radical (unpaired) electrons. The van der Waals surface area contributed by atoms with Gasteiger partial charge in [-0.05, 0) is 19.3 Å². The summed E-state index contributed by atoms with van der Waals surface area (Å²) < 4.78 is 22.9. The molecule has 1 amide bonds. The predicted molar refractivity (Wildman–Crippen MR) is 70.3 cm³/mol. The topological polar surface area (TPSA) is 94.6 Å². The van der Waals surface area contributed by atoms with Crippen molar-refractivity contribution in [3.63, 3.8) is 0 Å². The normalized spacial score (nSPS) is 32.8. The highest BCUT2D eigenvalue weighted by Gasteiger charge is 2.38. The summed E-state index contributed by atoms with van der Waals surface area (Å²) in [7, 11) is -1.48. The second kappa shape index (κ2) is 5.71. The fraction of sp³-hybridized carbons (Fsp3) is 0.846. The standard InChI is InChI=1S/C13H21NO5S/c1-14(9-6-7-20(18,19)8-9)12(15)10-4-2-3-5-11(10)13(16)17/h9-11H,2-8H2,1H3,(H,16,17)/p-1/t9-,10+,11-/m1/s1. The zero-order valence-corrected chi connectivity index (χ0v) is 12.4. The van der Waals surface area contributed by atoms with E-state index >= 15 is 0 Å². The van der Waals surface area contributed by atoms with Crippen LogP contribution in [0.3, 0.4) is 0 Å². The van der Waals surface area contributed by atoms with Crippen LogP contribution in [0.2, 0.25) is 0 Å². The molecule has 1 saturated heterocycles. The van der Waals surface area contributed by atoms with Crippen molar-refractivity contribution >= 4 is 21.7 Å². The lowest BCUT2D eigenvalue weighted by Gasteiger charge is -2.35. The molecule has 114 valence electrons. The van der Waals surface area contributed by atoms with Crippen LogP contribution in [0.15, 0.2) is 0 Å². The summed E-state index contributed by atoms with van der Waals surface area (Å²) in [5.74, 6) is -2.64. The van der Waals surface area contributed by atoms with Crippen LogP contribution in [0, 0.1) is 11.8 Å². The van der Waals surface area contributed by atoms with Crippen LogP contribution in [0.1, 0.15) is 32.1 Å². The van der Waals surface area contributed by atoms with Gasteiger partial charge in [-0.1, -0.05) is 12.8 Å². The smallest absolute Gasteiger partial charge is 0.226 e. The van der Waals surface area contributed by atoms with Crippen molar-refractivity contribution in [2.45, 2.75) is 38.1 Å². The van der Waals surface area contributed by atoms with Crippen LogP contribution in [0.5, 0.6) is 0 Å². The van der Waals surface area contributed by atoms with Gasteiger partial charge in [0.1, 0.15) is 0 Å². The van der Waals surface area contributed by atoms with E-state index in [2.05, 4.69) is 0 Å². The number of rotatable bonds is 3. The molecule has 7 heteroatoms. The van der Waals surface area contributed by atoms with Crippen LogP contribution in [-0.2, 0) is 19.4 Å². The van der Waals surface area contributed by atoms with Gasteiger partial charge in [0.2, 0.25) is 5.91 Å². The first-order valence-electron chi connectivity index (χ1n) is 7.00. The molecule has 0 unspecified atom stereocenters. The van der Waals surface area contributed by atoms with Gasteiger partial charge in [-0.15, -0.1) is 0 Å². The molecule has 1 aliphatic heterocycles. The van der Waals surface area contributed by atoms with Crippen molar-refractivity contribution in [3.05, 3.63) is 0 Å². The number of hydrogen-bond acceptors (Lipinski definition) is 5. The maximum absolute atomic E-state index is 12.5. The van der Waals surface area contributed by atoms with Gasteiger partial charge in [0, 0.05) is 30.9 Å². The fourth-order valence-corrected chi connectivity index (χ4v) is 5.01. The molecule has 2 fully saturated rings. The van der Waals surface area contributed by atoms with E-state index in [0.717, 1.165) is 12.8 Å². The monoisotopic (exact) mass is 302 g/mol. The summed E-state index contributed by atoms with van der Waals surface area (Å²) in [6.07, 6.45) is 3.07. The van der Waals surface area contributed by atoms with Crippen molar-refractivity contribution < 1.29 is 23.1 Å². The Kier molecular flexibility index (Phi) is 4.36. The second-order valence-corrected chi connectivity index (χ2v) is 8.05. The zero-order valence-electron chi connectivity index (χ0n) is 11.6. The molecule has 0 aromatic carbocycles. The third-order valence-electron chi connectivity index (χ3n) is 4.49. The number of carbonyl (C=O) groups is 2. The Balaban J connectivity index is 2.07. The highest BCUT2D eigenvalue weighted by Crippen LogP contribution is 2.32. The minimum atomic E-state index is -3.06. The number of nitrogens with zero attached hydrogens (tertiary/aromatic N) is 1. The van der Waals surface area contributed by atoms with Crippen LogP contribution in [0.25, 0.3) is 0 Å². The maximum atomic E-state index is 12.5. The number of amides is 1. The first-order valence-corrected chi connectivity index (χ1v) is 8.82. The number of carbonyl (C=O) groups excluding carboxylic acids is 2. The van der Waals surface area contributed by atoms with Crippen LogP contribution >= 0.6 is 0 Å². The highest BCUT2D eigenvalue weighted by atomic mass is 32.2. The van der Waals surface area contributed by atoms with Gasteiger partial charge in [-0.25, -0.2) is 8.42 Å². The van der Waals surface area contributed by atoms with Crippen molar-refractivity contribution in [3.8, 4) is 0 Å². The molecule has 2 rings (SSSR count). The van der Waals surface area contributed by atoms with E-state index in [1.54, 1.807) is 7.05 Å². The molecule has 20 heavy (non-hydrogen) atoms. The summed E-state index contributed by atoms with van der Waals surface area (Å²) in [6, 6.07) is -0.322. The van der Waals surface area contributed by atoms with E-state index in [4.69, 9.17) is 0 Å². The summed E-state index contributed by atoms with van der Waals surface area (Å²) in [5.41, 5.74) is 0. The first-order chi connectivity index (χ1) is 9.32. The highest BCUT2D eigenvalue weighted by molar-refractivity contribution is 7.91. The molecule has 0 aromatic rings. The Hall–Kier alpha value is -1.11. The van der Waals surface area contributed by atoms with E-state index in [-0.39, 0.29) is 23.5 Å². The third kappa shape index (κ3) is 3.13. The van der Waals surface area contributed by atoms with Gasteiger partial charge < -0.3 is 14.8 Å². The van der Waals surface area contributed by atoms with Gasteiger partial charge in [0.25, 0.3) is 0 Å². The van der Waals surface area contributed by atoms with E-state index in [1.807, 2.05) is 0 Å². The van der Waals surface area contributed by atoms with Gasteiger partial charge in [-0.2, -0.15) is 0 Å². The minimum Gasteiger partial charge on any atom is -0.550 e. The molecule has 1 saturated carbocycles. The van der Waals surface area contributed by atoms with E-state index in [0.29, 0.717) is 19.3 Å². The summed E-state index contributed by atoms with van der Waals surface area (Å²) in [4.78, 5) is 25.0. The molecule has 2 aliphatic rings. The van der Waals surface area contributed by atoms with Crippen molar-refractivity contribution in [2.75, 3.05) is 18.6 Å². The number of carboxylic acid groups (broad SMARTS) is 1. The number of aliphatic carboxylic acids is 1. The van der Waals surface area contributed by atoms with Gasteiger partial charge >= 0.3 is 0 Å². The average Bonchev–Trinajstić information content (AvgIpc) is 2.77. The SMILES string of the molecule is CN(C(=O)[C@H]1CCCC[C@H]1C(=O)[O-])[C@@H]1CCS(=O)(=O)C1. The summed E-state index contributed by atoms with van der Waals surface area (Å²) in [6.45, 7) is 0. The van der Waals surface area contributed by atoms with Crippen molar-refractivity contribution in [1.29, 1.82) is 0 Å². The third-order valence-corrected chi connectivity index (χ3v) is 6.24. The minimum absolute atomic E-state index is 0.0159. The molecule has 0 aromatic heterocycles. The fourth-order valence-electron chi connectivity index (χ4n) is 3.23. The molecular formula is C13H20NO5S-. The number of sulfone groups is 1. The average molecular weight is 302 g/mol. The van der Waals surface area contributed by atoms with E-state index in [9.17, 15) is 23.1 Å². The van der Waals surface area contributed by atoms with Crippen LogP contribution in [0.4, 0.5) is 0 Å².